The summed E-state index contributed by atoms with van der Waals surface area (Å²) < 4.78 is 18.9. The van der Waals surface area contributed by atoms with Crippen LogP contribution in [0, 0.1) is 19.7 Å². The van der Waals surface area contributed by atoms with E-state index < -0.39 is 5.82 Å². The molecule has 3 N–H and O–H groups in total. The van der Waals surface area contributed by atoms with Gasteiger partial charge in [0.15, 0.2) is 0 Å². The molecule has 19 heavy (non-hydrogen) atoms. The third kappa shape index (κ3) is 2.97. The summed E-state index contributed by atoms with van der Waals surface area (Å²) in [5.41, 5.74) is 4.40. The molecule has 3 nitrogen and oxygen atoms in total. The quantitative estimate of drug-likeness (QED) is 0.667. The van der Waals surface area contributed by atoms with Crippen molar-refractivity contribution in [1.29, 1.82) is 0 Å². The van der Waals surface area contributed by atoms with Crippen molar-refractivity contribution < 1.29 is 8.81 Å². The zero-order chi connectivity index (χ0) is 14.0. The van der Waals surface area contributed by atoms with Crippen molar-refractivity contribution >= 4 is 11.6 Å². The van der Waals surface area contributed by atoms with Gasteiger partial charge in [-0.05, 0) is 38.0 Å². The Hall–Kier alpha value is -1.36. The number of furan rings is 1. The van der Waals surface area contributed by atoms with Crippen LogP contribution in [0.25, 0.3) is 0 Å². The molecule has 0 fully saturated rings. The molecular weight excluding hydrogens is 267 g/mol. The molecule has 2 aromatic rings. The molecular formula is C14H16ClFN2O. The van der Waals surface area contributed by atoms with Crippen molar-refractivity contribution in [3.8, 4) is 0 Å². The molecule has 0 spiro atoms. The summed E-state index contributed by atoms with van der Waals surface area (Å²) in [5, 5.41) is 0.139. The predicted octanol–water partition coefficient (Wildman–Crippen LogP) is 3.44. The molecule has 102 valence electrons. The zero-order valence-electron chi connectivity index (χ0n) is 10.8. The van der Waals surface area contributed by atoms with Crippen LogP contribution < -0.4 is 11.3 Å². The minimum Gasteiger partial charge on any atom is -0.466 e. The van der Waals surface area contributed by atoms with Gasteiger partial charge in [0.05, 0.1) is 11.1 Å². The predicted molar refractivity (Wildman–Crippen MR) is 73.4 cm³/mol. The van der Waals surface area contributed by atoms with Gasteiger partial charge in [-0.25, -0.2) is 4.39 Å². The summed E-state index contributed by atoms with van der Waals surface area (Å²) in [6, 6.07) is 6.52. The Morgan fingerprint density at radius 3 is 2.74 bits per heavy atom. The van der Waals surface area contributed by atoms with E-state index in [4.69, 9.17) is 21.9 Å². The van der Waals surface area contributed by atoms with Crippen LogP contribution in [0.15, 0.2) is 28.7 Å². The Labute approximate surface area is 116 Å². The lowest BCUT2D eigenvalue weighted by molar-refractivity contribution is 0.484. The van der Waals surface area contributed by atoms with Gasteiger partial charge >= 0.3 is 0 Å². The monoisotopic (exact) mass is 282 g/mol. The third-order valence-electron chi connectivity index (χ3n) is 3.11. The summed E-state index contributed by atoms with van der Waals surface area (Å²) in [7, 11) is 0. The highest BCUT2D eigenvalue weighted by molar-refractivity contribution is 6.31. The van der Waals surface area contributed by atoms with Gasteiger partial charge in [-0.3, -0.25) is 11.3 Å². The summed E-state index contributed by atoms with van der Waals surface area (Å²) in [5.74, 6) is 6.79. The number of aryl methyl sites for hydroxylation is 2. The van der Waals surface area contributed by atoms with Crippen molar-refractivity contribution in [2.75, 3.05) is 0 Å². The molecule has 1 aromatic carbocycles. The lowest BCUT2D eigenvalue weighted by Crippen LogP contribution is -2.29. The van der Waals surface area contributed by atoms with E-state index in [1.54, 1.807) is 12.1 Å². The molecule has 0 bridgehead atoms. The maximum atomic E-state index is 13.4. The molecule has 2 rings (SSSR count). The van der Waals surface area contributed by atoms with E-state index in [0.29, 0.717) is 12.0 Å². The lowest BCUT2D eigenvalue weighted by Gasteiger charge is -2.16. The molecule has 1 atom stereocenters. The van der Waals surface area contributed by atoms with Crippen molar-refractivity contribution in [3.63, 3.8) is 0 Å². The van der Waals surface area contributed by atoms with E-state index in [2.05, 4.69) is 5.43 Å². The first-order valence-electron chi connectivity index (χ1n) is 5.99. The Morgan fingerprint density at radius 1 is 1.42 bits per heavy atom. The van der Waals surface area contributed by atoms with Crippen LogP contribution in [0.1, 0.15) is 28.7 Å². The minimum atomic E-state index is -0.421. The SMILES string of the molecule is Cc1cc(C(Cc2cccc(F)c2Cl)NN)c(C)o1. The second kappa shape index (κ2) is 5.74. The van der Waals surface area contributed by atoms with E-state index in [1.807, 2.05) is 19.9 Å². The number of nitrogens with two attached hydrogens (primary N) is 1. The Kier molecular flexibility index (Phi) is 4.24. The fourth-order valence-corrected chi connectivity index (χ4v) is 2.38. The number of halogens is 2. The van der Waals surface area contributed by atoms with Gasteiger partial charge < -0.3 is 4.42 Å². The molecule has 0 radical (unpaired) electrons. The molecule has 0 aliphatic heterocycles. The molecule has 5 heteroatoms. The zero-order valence-corrected chi connectivity index (χ0v) is 11.6. The van der Waals surface area contributed by atoms with Gasteiger partial charge in [0, 0.05) is 5.56 Å². The highest BCUT2D eigenvalue weighted by Gasteiger charge is 2.18. The van der Waals surface area contributed by atoms with Gasteiger partial charge in [0.1, 0.15) is 17.3 Å². The fourth-order valence-electron chi connectivity index (χ4n) is 2.18. The minimum absolute atomic E-state index is 0.139. The van der Waals surface area contributed by atoms with E-state index in [-0.39, 0.29) is 11.1 Å². The summed E-state index contributed by atoms with van der Waals surface area (Å²) in [6.45, 7) is 3.75. The van der Waals surface area contributed by atoms with Crippen LogP contribution in [0.3, 0.4) is 0 Å². The average molecular weight is 283 g/mol. The van der Waals surface area contributed by atoms with E-state index in [0.717, 1.165) is 17.1 Å². The topological polar surface area (TPSA) is 51.2 Å². The van der Waals surface area contributed by atoms with Crippen molar-refractivity contribution in [2.45, 2.75) is 26.3 Å². The van der Waals surface area contributed by atoms with Crippen LogP contribution >= 0.6 is 11.6 Å². The lowest BCUT2D eigenvalue weighted by atomic mass is 9.99. The van der Waals surface area contributed by atoms with Crippen LogP contribution in [0.5, 0.6) is 0 Å². The van der Waals surface area contributed by atoms with Gasteiger partial charge in [-0.2, -0.15) is 0 Å². The van der Waals surface area contributed by atoms with Gasteiger partial charge in [0.2, 0.25) is 0 Å². The molecule has 0 aliphatic rings. The number of hydrazine groups is 1. The van der Waals surface area contributed by atoms with Crippen molar-refractivity contribution in [1.82, 2.24) is 5.43 Å². The molecule has 1 aromatic heterocycles. The van der Waals surface area contributed by atoms with E-state index in [9.17, 15) is 4.39 Å². The summed E-state index contributed by atoms with van der Waals surface area (Å²) >= 11 is 5.96. The summed E-state index contributed by atoms with van der Waals surface area (Å²) in [6.07, 6.45) is 0.493. The number of nitrogens with one attached hydrogen (secondary N) is 1. The Bertz CT molecular complexity index is 583. The molecule has 0 amide bonds. The maximum absolute atomic E-state index is 13.4. The van der Waals surface area contributed by atoms with E-state index >= 15 is 0 Å². The molecule has 0 saturated carbocycles. The molecule has 1 unspecified atom stereocenters. The number of hydrogen-bond acceptors (Lipinski definition) is 3. The third-order valence-corrected chi connectivity index (χ3v) is 3.53. The first-order chi connectivity index (χ1) is 9.02. The second-order valence-corrected chi connectivity index (χ2v) is 4.88. The highest BCUT2D eigenvalue weighted by atomic mass is 35.5. The van der Waals surface area contributed by atoms with E-state index in [1.165, 1.54) is 6.07 Å². The van der Waals surface area contributed by atoms with Gasteiger partial charge in [-0.15, -0.1) is 0 Å². The molecule has 1 heterocycles. The van der Waals surface area contributed by atoms with Crippen LogP contribution in [0.4, 0.5) is 4.39 Å². The van der Waals surface area contributed by atoms with Gasteiger partial charge in [0.25, 0.3) is 0 Å². The first-order valence-corrected chi connectivity index (χ1v) is 6.36. The van der Waals surface area contributed by atoms with Crippen LogP contribution in [0.2, 0.25) is 5.02 Å². The number of rotatable bonds is 4. The molecule has 0 aliphatic carbocycles. The van der Waals surface area contributed by atoms with Crippen LogP contribution in [-0.2, 0) is 6.42 Å². The number of hydrogen-bond donors (Lipinski definition) is 2. The summed E-state index contributed by atoms with van der Waals surface area (Å²) in [4.78, 5) is 0. The van der Waals surface area contributed by atoms with Crippen LogP contribution in [-0.4, -0.2) is 0 Å². The maximum Gasteiger partial charge on any atom is 0.142 e. The first kappa shape index (κ1) is 14.1. The smallest absolute Gasteiger partial charge is 0.142 e. The fraction of sp³-hybridized carbons (Fsp3) is 0.286. The second-order valence-electron chi connectivity index (χ2n) is 4.50. The highest BCUT2D eigenvalue weighted by Crippen LogP contribution is 2.28. The van der Waals surface area contributed by atoms with Gasteiger partial charge in [-0.1, -0.05) is 23.7 Å². The standard InChI is InChI=1S/C14H16ClFN2O/c1-8-6-11(9(2)19-8)13(18-17)7-10-4-3-5-12(16)14(10)15/h3-6,13,18H,7,17H2,1-2H3. The van der Waals surface area contributed by atoms with Crippen molar-refractivity contribution in [2.24, 2.45) is 5.84 Å². The Morgan fingerprint density at radius 2 is 2.16 bits per heavy atom. The van der Waals surface area contributed by atoms with Crippen molar-refractivity contribution in [3.05, 3.63) is 57.8 Å². The normalized spacial score (nSPS) is 12.7. The Balaban J connectivity index is 2.29. The average Bonchev–Trinajstić information content (AvgIpc) is 2.70. The number of benzene rings is 1. The molecule has 0 saturated heterocycles. The largest absolute Gasteiger partial charge is 0.466 e.